The number of nitrogens with zero attached hydrogens (tertiary/aromatic N) is 1. The second kappa shape index (κ2) is 6.58. The van der Waals surface area contributed by atoms with E-state index in [1.165, 1.54) is 16.7 Å². The number of hydrogen-bond donors (Lipinski definition) is 2. The van der Waals surface area contributed by atoms with Crippen molar-refractivity contribution >= 4 is 33.7 Å². The molecule has 0 radical (unpaired) electrons. The molecule has 1 amide bonds. The van der Waals surface area contributed by atoms with Gasteiger partial charge in [0, 0.05) is 18.9 Å². The number of aliphatic carboxylic acids is 1. The Morgan fingerprint density at radius 3 is 2.74 bits per heavy atom. The van der Waals surface area contributed by atoms with Crippen LogP contribution in [-0.2, 0) is 19.6 Å². The highest BCUT2D eigenvalue weighted by Crippen LogP contribution is 2.23. The normalized spacial score (nSPS) is 21.7. The molecule has 110 valence electrons. The molecule has 0 aromatic carbocycles. The molecule has 9 heteroatoms. The van der Waals surface area contributed by atoms with Crippen LogP contribution >= 0.6 is 11.8 Å². The van der Waals surface area contributed by atoms with Crippen LogP contribution in [-0.4, -0.2) is 60.6 Å². The molecule has 1 aliphatic heterocycles. The zero-order valence-corrected chi connectivity index (χ0v) is 12.2. The van der Waals surface area contributed by atoms with Gasteiger partial charge >= 0.3 is 5.97 Å². The van der Waals surface area contributed by atoms with Crippen molar-refractivity contribution in [2.75, 3.05) is 24.3 Å². The first-order valence-corrected chi connectivity index (χ1v) is 8.87. The number of primary sulfonamides is 1. The molecule has 1 aliphatic rings. The van der Waals surface area contributed by atoms with Crippen molar-refractivity contribution in [2.24, 2.45) is 11.1 Å². The number of nitrogens with two attached hydrogens (primary N) is 1. The first-order valence-electron chi connectivity index (χ1n) is 5.76. The number of rotatable bonds is 7. The molecule has 1 saturated heterocycles. The Hall–Kier alpha value is -0.800. The quantitative estimate of drug-likeness (QED) is 0.644. The van der Waals surface area contributed by atoms with E-state index >= 15 is 0 Å². The Morgan fingerprint density at radius 2 is 2.26 bits per heavy atom. The molecule has 0 bridgehead atoms. The smallest absolute Gasteiger partial charge is 0.326 e. The zero-order valence-electron chi connectivity index (χ0n) is 10.6. The summed E-state index contributed by atoms with van der Waals surface area (Å²) in [6.45, 7) is 0.139. The number of sulfonamides is 1. The highest BCUT2D eigenvalue weighted by molar-refractivity contribution is 7.98. The number of hydrogen-bond acceptors (Lipinski definition) is 5. The van der Waals surface area contributed by atoms with Crippen molar-refractivity contribution in [3.8, 4) is 0 Å². The van der Waals surface area contributed by atoms with E-state index in [1.54, 1.807) is 0 Å². The fourth-order valence-corrected chi connectivity index (χ4v) is 3.53. The van der Waals surface area contributed by atoms with Gasteiger partial charge in [-0.2, -0.15) is 11.8 Å². The van der Waals surface area contributed by atoms with Gasteiger partial charge in [0.1, 0.15) is 6.04 Å². The number of amides is 1. The number of likely N-dealkylation sites (tertiary alicyclic amines) is 1. The van der Waals surface area contributed by atoms with Crippen molar-refractivity contribution < 1.29 is 23.1 Å². The number of carboxylic acid groups (broad SMARTS) is 1. The summed E-state index contributed by atoms with van der Waals surface area (Å²) in [5, 5.41) is 14.1. The van der Waals surface area contributed by atoms with Crippen LogP contribution < -0.4 is 5.14 Å². The van der Waals surface area contributed by atoms with Crippen LogP contribution in [0.5, 0.6) is 0 Å². The van der Waals surface area contributed by atoms with Crippen molar-refractivity contribution in [1.29, 1.82) is 0 Å². The molecule has 19 heavy (non-hydrogen) atoms. The van der Waals surface area contributed by atoms with Crippen molar-refractivity contribution in [2.45, 2.75) is 18.9 Å². The second-order valence-electron chi connectivity index (χ2n) is 4.58. The largest absolute Gasteiger partial charge is 0.480 e. The molecule has 0 aliphatic carbocycles. The maximum atomic E-state index is 11.8. The van der Waals surface area contributed by atoms with Crippen LogP contribution in [0.3, 0.4) is 0 Å². The highest BCUT2D eigenvalue weighted by Gasteiger charge is 2.38. The number of thioether (sulfide) groups is 1. The first-order chi connectivity index (χ1) is 8.74. The van der Waals surface area contributed by atoms with Gasteiger partial charge in [-0.3, -0.25) is 4.79 Å². The fourth-order valence-electron chi connectivity index (χ4n) is 2.19. The molecular formula is C10H18N2O5S2. The van der Waals surface area contributed by atoms with Gasteiger partial charge in [-0.15, -0.1) is 0 Å². The lowest BCUT2D eigenvalue weighted by atomic mass is 10.1. The lowest BCUT2D eigenvalue weighted by Crippen LogP contribution is -2.43. The van der Waals surface area contributed by atoms with Crippen LogP contribution in [0.15, 0.2) is 0 Å². The van der Waals surface area contributed by atoms with Crippen LogP contribution in [0.2, 0.25) is 0 Å². The van der Waals surface area contributed by atoms with E-state index in [1.807, 2.05) is 6.26 Å². The Kier molecular flexibility index (Phi) is 5.63. The molecular weight excluding hydrogens is 292 g/mol. The van der Waals surface area contributed by atoms with Gasteiger partial charge in [0.25, 0.3) is 0 Å². The molecule has 0 aromatic heterocycles. The SMILES string of the molecule is CSCCC(C(=O)O)N1CC(CS(N)(=O)=O)CC1=O. The van der Waals surface area contributed by atoms with Crippen LogP contribution in [0, 0.1) is 5.92 Å². The standard InChI is InChI=1S/C10H18N2O5S2/c1-18-3-2-8(10(14)15)12-5-7(4-9(12)13)6-19(11,16)17/h7-8H,2-6H2,1H3,(H,14,15)(H2,11,16,17). The molecule has 0 saturated carbocycles. The minimum atomic E-state index is -3.65. The van der Waals surface area contributed by atoms with Gasteiger partial charge in [0.15, 0.2) is 0 Å². The summed E-state index contributed by atoms with van der Waals surface area (Å²) in [5.74, 6) is -1.45. The molecule has 7 nitrogen and oxygen atoms in total. The van der Waals surface area contributed by atoms with E-state index in [9.17, 15) is 18.0 Å². The average molecular weight is 310 g/mol. The maximum absolute atomic E-state index is 11.8. The molecule has 3 N–H and O–H groups in total. The van der Waals surface area contributed by atoms with E-state index in [-0.39, 0.29) is 24.6 Å². The molecule has 2 unspecified atom stereocenters. The van der Waals surface area contributed by atoms with Gasteiger partial charge in [-0.25, -0.2) is 18.4 Å². The monoisotopic (exact) mass is 310 g/mol. The molecule has 1 fully saturated rings. The summed E-state index contributed by atoms with van der Waals surface area (Å²) in [6.07, 6.45) is 2.25. The minimum Gasteiger partial charge on any atom is -0.480 e. The van der Waals surface area contributed by atoms with E-state index in [2.05, 4.69) is 0 Å². The third-order valence-electron chi connectivity index (χ3n) is 2.96. The summed E-state index contributed by atoms with van der Waals surface area (Å²) in [6, 6.07) is -0.884. The molecule has 1 heterocycles. The van der Waals surface area contributed by atoms with Crippen LogP contribution in [0.25, 0.3) is 0 Å². The van der Waals surface area contributed by atoms with Crippen LogP contribution in [0.4, 0.5) is 0 Å². The van der Waals surface area contributed by atoms with Gasteiger partial charge < -0.3 is 10.0 Å². The third kappa shape index (κ3) is 5.00. The Bertz CT molecular complexity index is 451. The topological polar surface area (TPSA) is 118 Å². The lowest BCUT2D eigenvalue weighted by Gasteiger charge is -2.24. The first kappa shape index (κ1) is 16.3. The van der Waals surface area contributed by atoms with Gasteiger partial charge in [-0.05, 0) is 18.4 Å². The minimum absolute atomic E-state index is 0.0411. The van der Waals surface area contributed by atoms with Gasteiger partial charge in [-0.1, -0.05) is 0 Å². The van der Waals surface area contributed by atoms with Crippen molar-refractivity contribution in [1.82, 2.24) is 4.90 Å². The predicted molar refractivity (Wildman–Crippen MR) is 72.2 cm³/mol. The molecule has 0 spiro atoms. The molecule has 1 rings (SSSR count). The van der Waals surface area contributed by atoms with Gasteiger partial charge in [0.2, 0.25) is 15.9 Å². The van der Waals surface area contributed by atoms with E-state index in [0.29, 0.717) is 12.2 Å². The van der Waals surface area contributed by atoms with E-state index < -0.39 is 28.0 Å². The Morgan fingerprint density at radius 1 is 1.63 bits per heavy atom. The number of carboxylic acids is 1. The highest BCUT2D eigenvalue weighted by atomic mass is 32.2. The van der Waals surface area contributed by atoms with E-state index in [4.69, 9.17) is 10.2 Å². The van der Waals surface area contributed by atoms with Gasteiger partial charge in [0.05, 0.1) is 5.75 Å². The second-order valence-corrected chi connectivity index (χ2v) is 7.23. The summed E-state index contributed by atoms with van der Waals surface area (Å²) in [7, 11) is -3.65. The summed E-state index contributed by atoms with van der Waals surface area (Å²) in [5.41, 5.74) is 0. The number of carbonyl (C=O) groups excluding carboxylic acids is 1. The van der Waals surface area contributed by atoms with Crippen molar-refractivity contribution in [3.63, 3.8) is 0 Å². The van der Waals surface area contributed by atoms with Crippen molar-refractivity contribution in [3.05, 3.63) is 0 Å². The Labute approximate surface area is 116 Å². The maximum Gasteiger partial charge on any atom is 0.326 e. The summed E-state index contributed by atoms with van der Waals surface area (Å²) >= 11 is 1.50. The summed E-state index contributed by atoms with van der Waals surface area (Å²) in [4.78, 5) is 24.2. The molecule has 2 atom stereocenters. The molecule has 0 aromatic rings. The van der Waals surface area contributed by atoms with Crippen LogP contribution in [0.1, 0.15) is 12.8 Å². The average Bonchev–Trinajstić information content (AvgIpc) is 2.57. The summed E-state index contributed by atoms with van der Waals surface area (Å²) < 4.78 is 22.0. The lowest BCUT2D eigenvalue weighted by molar-refractivity contribution is -0.148. The number of carbonyl (C=O) groups is 2. The third-order valence-corrected chi connectivity index (χ3v) is 4.54. The predicted octanol–water partition coefficient (Wildman–Crippen LogP) is -0.670. The van der Waals surface area contributed by atoms with E-state index in [0.717, 1.165) is 0 Å². The Balaban J connectivity index is 2.72. The fraction of sp³-hybridized carbons (Fsp3) is 0.800. The zero-order chi connectivity index (χ0) is 14.6.